The van der Waals surface area contributed by atoms with Crippen molar-refractivity contribution in [1.29, 1.82) is 0 Å². The first-order valence-electron chi connectivity index (χ1n) is 5.83. The highest BCUT2D eigenvalue weighted by atomic mass is 35.5. The molecule has 0 aliphatic carbocycles. The Kier molecular flexibility index (Phi) is 3.76. The molecule has 2 aromatic rings. The van der Waals surface area contributed by atoms with Crippen molar-refractivity contribution >= 4 is 29.0 Å². The number of carbonyl (C=O) groups excluding carboxylic acids is 1. The van der Waals surface area contributed by atoms with Crippen molar-refractivity contribution in [3.63, 3.8) is 0 Å². The van der Waals surface area contributed by atoms with Crippen molar-refractivity contribution < 1.29 is 4.79 Å². The number of rotatable bonds is 2. The number of para-hydroxylation sites is 1. The Hall–Kier alpha value is -2.01. The first-order chi connectivity index (χ1) is 8.99. The maximum atomic E-state index is 12.0. The van der Waals surface area contributed by atoms with Crippen molar-refractivity contribution in [1.82, 2.24) is 10.2 Å². The number of anilines is 2. The van der Waals surface area contributed by atoms with Gasteiger partial charge < -0.3 is 10.6 Å². The number of carbonyl (C=O) groups is 1. The first-order valence-corrected chi connectivity index (χ1v) is 6.21. The van der Waals surface area contributed by atoms with Gasteiger partial charge in [-0.15, -0.1) is 0 Å². The minimum absolute atomic E-state index is 0.344. The topological polar surface area (TPSA) is 69.8 Å². The summed E-state index contributed by atoms with van der Waals surface area (Å²) in [5, 5.41) is 12.8. The lowest BCUT2D eigenvalue weighted by atomic mass is 10.2. The molecule has 2 rings (SSSR count). The molecule has 5 nitrogen and oxygen atoms in total. The van der Waals surface area contributed by atoms with Gasteiger partial charge in [-0.05, 0) is 32.4 Å². The third-order valence-corrected chi connectivity index (χ3v) is 3.14. The Labute approximate surface area is 116 Å². The quantitative estimate of drug-likeness (QED) is 0.785. The lowest BCUT2D eigenvalue weighted by Crippen LogP contribution is -2.20. The van der Waals surface area contributed by atoms with E-state index in [1.165, 1.54) is 0 Å². The summed E-state index contributed by atoms with van der Waals surface area (Å²) < 4.78 is 0. The van der Waals surface area contributed by atoms with Gasteiger partial charge >= 0.3 is 6.03 Å². The fourth-order valence-corrected chi connectivity index (χ4v) is 2.05. The first kappa shape index (κ1) is 13.4. The summed E-state index contributed by atoms with van der Waals surface area (Å²) in [6, 6.07) is 5.11. The van der Waals surface area contributed by atoms with Crippen molar-refractivity contribution in [3.05, 3.63) is 40.2 Å². The molecule has 100 valence electrons. The Balaban J connectivity index is 2.14. The van der Waals surface area contributed by atoms with Gasteiger partial charge in [-0.2, -0.15) is 5.10 Å². The smallest absolute Gasteiger partial charge is 0.306 e. The Bertz CT molecular complexity index is 581. The van der Waals surface area contributed by atoms with Gasteiger partial charge in [-0.25, -0.2) is 4.79 Å². The summed E-state index contributed by atoms with van der Waals surface area (Å²) in [6.07, 6.45) is 0. The summed E-state index contributed by atoms with van der Waals surface area (Å²) in [4.78, 5) is 12.0. The van der Waals surface area contributed by atoms with Crippen molar-refractivity contribution in [2.75, 3.05) is 10.6 Å². The lowest BCUT2D eigenvalue weighted by Gasteiger charge is -2.11. The number of hydrogen-bond acceptors (Lipinski definition) is 2. The zero-order chi connectivity index (χ0) is 14.0. The molecule has 0 unspecified atom stereocenters. The number of H-pyrrole nitrogens is 1. The zero-order valence-corrected chi connectivity index (χ0v) is 11.7. The summed E-state index contributed by atoms with van der Waals surface area (Å²) in [6.45, 7) is 5.55. The van der Waals surface area contributed by atoms with Crippen LogP contribution < -0.4 is 10.6 Å². The van der Waals surface area contributed by atoms with Crippen LogP contribution in [-0.2, 0) is 0 Å². The maximum Gasteiger partial charge on any atom is 0.323 e. The van der Waals surface area contributed by atoms with E-state index in [4.69, 9.17) is 11.6 Å². The minimum atomic E-state index is -0.344. The van der Waals surface area contributed by atoms with Crippen LogP contribution in [0.4, 0.5) is 16.2 Å². The van der Waals surface area contributed by atoms with E-state index in [2.05, 4.69) is 20.8 Å². The van der Waals surface area contributed by atoms with E-state index < -0.39 is 0 Å². The second-order valence-corrected chi connectivity index (χ2v) is 4.73. The van der Waals surface area contributed by atoms with Crippen LogP contribution >= 0.6 is 11.6 Å². The molecule has 1 aromatic heterocycles. The van der Waals surface area contributed by atoms with E-state index in [1.807, 2.05) is 32.9 Å². The molecule has 0 aliphatic heterocycles. The molecule has 0 radical (unpaired) electrons. The molecule has 19 heavy (non-hydrogen) atoms. The van der Waals surface area contributed by atoms with Crippen LogP contribution in [0, 0.1) is 20.8 Å². The Morgan fingerprint density at radius 2 is 1.89 bits per heavy atom. The summed E-state index contributed by atoms with van der Waals surface area (Å²) in [5.41, 5.74) is 3.75. The minimum Gasteiger partial charge on any atom is -0.306 e. The van der Waals surface area contributed by atoms with Crippen molar-refractivity contribution in [2.24, 2.45) is 0 Å². The predicted octanol–water partition coefficient (Wildman–Crippen LogP) is 3.63. The van der Waals surface area contributed by atoms with Gasteiger partial charge in [0.1, 0.15) is 0 Å². The number of aryl methyl sites for hydroxylation is 3. The number of halogens is 1. The number of amides is 2. The van der Waals surface area contributed by atoms with Gasteiger partial charge in [-0.1, -0.05) is 23.7 Å². The number of aromatic nitrogens is 2. The molecule has 0 spiro atoms. The molecule has 1 heterocycles. The van der Waals surface area contributed by atoms with E-state index in [-0.39, 0.29) is 6.03 Å². The van der Waals surface area contributed by atoms with Crippen molar-refractivity contribution in [2.45, 2.75) is 20.8 Å². The van der Waals surface area contributed by atoms with E-state index in [9.17, 15) is 4.79 Å². The van der Waals surface area contributed by atoms with E-state index in [0.29, 0.717) is 16.4 Å². The third kappa shape index (κ3) is 2.88. The number of nitrogens with zero attached hydrogens (tertiary/aromatic N) is 1. The van der Waals surface area contributed by atoms with E-state index >= 15 is 0 Å². The van der Waals surface area contributed by atoms with Gasteiger partial charge in [0.05, 0.1) is 27.8 Å². The summed E-state index contributed by atoms with van der Waals surface area (Å²) >= 11 is 6.06. The van der Waals surface area contributed by atoms with E-state index in [1.54, 1.807) is 6.07 Å². The molecule has 0 atom stereocenters. The van der Waals surface area contributed by atoms with Gasteiger partial charge in [0.25, 0.3) is 0 Å². The zero-order valence-electron chi connectivity index (χ0n) is 11.0. The highest BCUT2D eigenvalue weighted by Crippen LogP contribution is 2.25. The number of nitrogens with one attached hydrogen (secondary N) is 3. The van der Waals surface area contributed by atoms with Gasteiger partial charge in [0.2, 0.25) is 0 Å². The lowest BCUT2D eigenvalue weighted by molar-refractivity contribution is 0.262. The fraction of sp³-hybridized carbons (Fsp3) is 0.231. The average Bonchev–Trinajstić information content (AvgIpc) is 2.66. The SMILES string of the molecule is Cc1cccc(Cl)c1NC(=O)Nc1c(C)n[nH]c1C. The molecule has 0 bridgehead atoms. The molecule has 3 N–H and O–H groups in total. The van der Waals surface area contributed by atoms with Gasteiger partial charge in [-0.3, -0.25) is 5.10 Å². The van der Waals surface area contributed by atoms with Crippen LogP contribution in [0.3, 0.4) is 0 Å². The molecule has 0 saturated carbocycles. The van der Waals surface area contributed by atoms with E-state index in [0.717, 1.165) is 17.0 Å². The molecule has 6 heteroatoms. The van der Waals surface area contributed by atoms with Crippen LogP contribution in [0.5, 0.6) is 0 Å². The Morgan fingerprint density at radius 3 is 2.47 bits per heavy atom. The molecule has 2 amide bonds. The molecule has 0 saturated heterocycles. The highest BCUT2D eigenvalue weighted by Gasteiger charge is 2.12. The Morgan fingerprint density at radius 1 is 1.21 bits per heavy atom. The van der Waals surface area contributed by atoms with Crippen LogP contribution in [0.1, 0.15) is 17.0 Å². The average molecular weight is 279 g/mol. The standard InChI is InChI=1S/C13H15ClN4O/c1-7-5-4-6-10(14)11(7)15-13(19)16-12-8(2)17-18-9(12)3/h4-6H,1-3H3,(H,17,18)(H2,15,16,19). The van der Waals surface area contributed by atoms with Crippen molar-refractivity contribution in [3.8, 4) is 0 Å². The molecule has 0 fully saturated rings. The molecule has 0 aliphatic rings. The number of hydrogen-bond donors (Lipinski definition) is 3. The fourth-order valence-electron chi connectivity index (χ4n) is 1.78. The highest BCUT2D eigenvalue weighted by molar-refractivity contribution is 6.34. The van der Waals surface area contributed by atoms with Gasteiger partial charge in [0, 0.05) is 0 Å². The van der Waals surface area contributed by atoms with Gasteiger partial charge in [0.15, 0.2) is 0 Å². The monoisotopic (exact) mass is 278 g/mol. The molecule has 1 aromatic carbocycles. The molecular formula is C13H15ClN4O. The second kappa shape index (κ2) is 5.32. The van der Waals surface area contributed by atoms with Crippen LogP contribution in [0.25, 0.3) is 0 Å². The normalized spacial score (nSPS) is 10.3. The summed E-state index contributed by atoms with van der Waals surface area (Å²) in [5.74, 6) is 0. The number of urea groups is 1. The molecular weight excluding hydrogens is 264 g/mol. The largest absolute Gasteiger partial charge is 0.323 e. The van der Waals surface area contributed by atoms with Crippen LogP contribution in [-0.4, -0.2) is 16.2 Å². The number of aromatic amines is 1. The number of benzene rings is 1. The summed E-state index contributed by atoms with van der Waals surface area (Å²) in [7, 11) is 0. The third-order valence-electron chi connectivity index (χ3n) is 2.83. The predicted molar refractivity (Wildman–Crippen MR) is 76.9 cm³/mol. The van der Waals surface area contributed by atoms with Crippen LogP contribution in [0.2, 0.25) is 5.02 Å². The second-order valence-electron chi connectivity index (χ2n) is 4.32. The van der Waals surface area contributed by atoms with Crippen LogP contribution in [0.15, 0.2) is 18.2 Å². The maximum absolute atomic E-state index is 12.0.